The minimum Gasteiger partial charge on any atom is -0.457 e. The number of para-hydroxylation sites is 3. The zero-order valence-corrected chi connectivity index (χ0v) is 35.9. The Kier molecular flexibility index (Phi) is 15.5. The fourth-order valence-corrected chi connectivity index (χ4v) is 7.45. The molecule has 1 atom stereocenters. The summed E-state index contributed by atoms with van der Waals surface area (Å²) >= 11 is 0. The number of piperidine rings is 1. The third-order valence-corrected chi connectivity index (χ3v) is 10.7. The number of ether oxygens (including phenoxy) is 1. The SMILES string of the molecule is C=CC(=O)N1CCC[C@@H](n2nc(-c3ccc(Oc4ccccc4)cc3)c3c(N)ncnc32)C1.O=C(CCCCCCNC(=O)c1cnc(N(c2ccccc2)c2ccccc2)nc1)NO. The van der Waals surface area contributed by atoms with Gasteiger partial charge in [0.1, 0.15) is 29.3 Å². The number of carbonyl (C=O) groups excluding carboxylic acids is 3. The van der Waals surface area contributed by atoms with E-state index in [-0.39, 0.29) is 23.8 Å². The van der Waals surface area contributed by atoms with Gasteiger partial charge in [-0.25, -0.2) is 30.1 Å². The van der Waals surface area contributed by atoms with Gasteiger partial charge in [-0.2, -0.15) is 5.10 Å². The van der Waals surface area contributed by atoms with Gasteiger partial charge >= 0.3 is 0 Å². The van der Waals surface area contributed by atoms with Gasteiger partial charge in [-0.3, -0.25) is 24.5 Å². The Bertz CT molecular complexity index is 2610. The molecule has 0 aliphatic carbocycles. The molecule has 1 aliphatic heterocycles. The number of nitrogens with one attached hydrogen (secondary N) is 2. The third-order valence-electron chi connectivity index (χ3n) is 10.7. The van der Waals surface area contributed by atoms with Crippen molar-refractivity contribution in [2.45, 2.75) is 51.0 Å². The van der Waals surface area contributed by atoms with Crippen molar-refractivity contribution in [1.29, 1.82) is 0 Å². The van der Waals surface area contributed by atoms with Crippen LogP contribution in [0.25, 0.3) is 22.3 Å². The normalized spacial score (nSPS) is 13.2. The Morgan fingerprint density at radius 2 is 1.45 bits per heavy atom. The molecule has 0 radical (unpaired) electrons. The summed E-state index contributed by atoms with van der Waals surface area (Å²) in [6.07, 6.45) is 11.2. The Balaban J connectivity index is 0.000000194. The van der Waals surface area contributed by atoms with Crippen molar-refractivity contribution in [3.05, 3.63) is 152 Å². The van der Waals surface area contributed by atoms with Crippen LogP contribution in [0.15, 0.2) is 147 Å². The minimum atomic E-state index is -0.375. The molecule has 0 unspecified atom stereocenters. The molecule has 1 fully saturated rings. The molecule has 16 nitrogen and oxygen atoms in total. The summed E-state index contributed by atoms with van der Waals surface area (Å²) < 4.78 is 7.79. The molecule has 5 N–H and O–H groups in total. The molecule has 3 aromatic heterocycles. The highest BCUT2D eigenvalue weighted by molar-refractivity contribution is 5.98. The molecular weight excluding hydrogens is 823 g/mol. The van der Waals surface area contributed by atoms with Crippen LogP contribution in [0.5, 0.6) is 11.5 Å². The number of amides is 3. The highest BCUT2D eigenvalue weighted by Crippen LogP contribution is 2.35. The quantitative estimate of drug-likeness (QED) is 0.0313. The van der Waals surface area contributed by atoms with E-state index >= 15 is 0 Å². The molecule has 8 rings (SSSR count). The lowest BCUT2D eigenvalue weighted by molar-refractivity contribution is -0.129. The van der Waals surface area contributed by atoms with Crippen LogP contribution in [0.4, 0.5) is 23.1 Å². The number of anilines is 4. The van der Waals surface area contributed by atoms with Crippen LogP contribution in [0.2, 0.25) is 0 Å². The number of nitrogen functional groups attached to an aromatic ring is 1. The summed E-state index contributed by atoms with van der Waals surface area (Å²) in [4.78, 5) is 56.8. The maximum Gasteiger partial charge on any atom is 0.254 e. The molecule has 332 valence electrons. The topological polar surface area (TPSA) is 207 Å². The van der Waals surface area contributed by atoms with Crippen LogP contribution in [-0.4, -0.2) is 77.2 Å². The van der Waals surface area contributed by atoms with E-state index < -0.39 is 0 Å². The number of fused-ring (bicyclic) bond motifs is 1. The second kappa shape index (κ2) is 22.4. The molecule has 1 saturated heterocycles. The molecule has 7 aromatic rings. The van der Waals surface area contributed by atoms with Crippen molar-refractivity contribution < 1.29 is 24.3 Å². The molecule has 16 heteroatoms. The average Bonchev–Trinajstić information content (AvgIpc) is 3.76. The van der Waals surface area contributed by atoms with E-state index in [4.69, 9.17) is 20.8 Å². The van der Waals surface area contributed by atoms with Crippen molar-refractivity contribution in [3.8, 4) is 22.8 Å². The van der Waals surface area contributed by atoms with Gasteiger partial charge in [-0.1, -0.05) is 74.0 Å². The number of nitrogens with zero attached hydrogens (tertiary/aromatic N) is 8. The number of nitrogens with two attached hydrogens (primary N) is 1. The van der Waals surface area contributed by atoms with E-state index in [9.17, 15) is 14.4 Å². The average molecular weight is 874 g/mol. The molecule has 0 spiro atoms. The Morgan fingerprint density at radius 1 is 0.815 bits per heavy atom. The molecule has 3 amide bonds. The van der Waals surface area contributed by atoms with E-state index in [2.05, 4.69) is 31.8 Å². The maximum atomic E-state index is 12.4. The largest absolute Gasteiger partial charge is 0.457 e. The smallest absolute Gasteiger partial charge is 0.254 e. The number of rotatable bonds is 16. The number of hydroxylamine groups is 1. The predicted octanol–water partition coefficient (Wildman–Crippen LogP) is 8.35. The number of hydrogen-bond donors (Lipinski definition) is 4. The highest BCUT2D eigenvalue weighted by atomic mass is 16.5. The Morgan fingerprint density at radius 3 is 2.09 bits per heavy atom. The van der Waals surface area contributed by atoms with Gasteiger partial charge < -0.3 is 20.7 Å². The summed E-state index contributed by atoms with van der Waals surface area (Å²) in [5, 5.41) is 16.9. The molecule has 65 heavy (non-hydrogen) atoms. The minimum absolute atomic E-state index is 0.00566. The first-order valence-corrected chi connectivity index (χ1v) is 21.5. The van der Waals surface area contributed by atoms with E-state index in [0.29, 0.717) is 66.5 Å². The van der Waals surface area contributed by atoms with Gasteiger partial charge in [0.2, 0.25) is 17.8 Å². The van der Waals surface area contributed by atoms with Gasteiger partial charge in [-0.05, 0) is 92.4 Å². The highest BCUT2D eigenvalue weighted by Gasteiger charge is 2.28. The Hall–Kier alpha value is -7.98. The first-order valence-electron chi connectivity index (χ1n) is 21.5. The van der Waals surface area contributed by atoms with Gasteiger partial charge in [0.05, 0.1) is 17.0 Å². The first kappa shape index (κ1) is 45.1. The second-order valence-electron chi connectivity index (χ2n) is 15.2. The lowest BCUT2D eigenvalue weighted by Gasteiger charge is -2.32. The van der Waals surface area contributed by atoms with E-state index in [1.165, 1.54) is 24.8 Å². The predicted molar refractivity (Wildman–Crippen MR) is 249 cm³/mol. The number of benzene rings is 4. The second-order valence-corrected chi connectivity index (χ2v) is 15.2. The summed E-state index contributed by atoms with van der Waals surface area (Å²) in [7, 11) is 0. The van der Waals surface area contributed by atoms with E-state index in [0.717, 1.165) is 60.5 Å². The number of unbranched alkanes of at least 4 members (excludes halogenated alkanes) is 3. The van der Waals surface area contributed by atoms with Crippen molar-refractivity contribution in [1.82, 2.24) is 45.4 Å². The number of likely N-dealkylation sites (tertiary alicyclic amines) is 1. The molecule has 1 aliphatic rings. The van der Waals surface area contributed by atoms with Crippen molar-refractivity contribution >= 4 is 51.9 Å². The van der Waals surface area contributed by atoms with Crippen molar-refractivity contribution in [2.75, 3.05) is 30.3 Å². The fourth-order valence-electron chi connectivity index (χ4n) is 7.45. The zero-order valence-electron chi connectivity index (χ0n) is 35.9. The van der Waals surface area contributed by atoms with Crippen LogP contribution in [0, 0.1) is 0 Å². The van der Waals surface area contributed by atoms with Gasteiger partial charge in [0.15, 0.2) is 5.65 Å². The van der Waals surface area contributed by atoms with Gasteiger partial charge in [0, 0.05) is 55.4 Å². The van der Waals surface area contributed by atoms with Crippen LogP contribution in [0.1, 0.15) is 61.3 Å². The number of carbonyl (C=O) groups is 3. The standard InChI is InChI=1S/C25H24N6O2.C24H27N5O3/c1-2-21(32)30-14-6-7-18(15-30)31-25-22(24(26)27-16-28-25)23(29-31)17-10-12-20(13-11-17)33-19-8-4-3-5-9-19;30-22(28-32)15-9-1-2-10-16-25-23(31)19-17-26-24(27-18-19)29(20-11-5-3-6-12-20)21-13-7-4-8-14-21/h2-5,8-13,16,18H,1,6-7,14-15H2,(H2,26,27,28);3-8,11-14,17-18,32H,1-2,9-10,15-16H2,(H,25,31)(H,28,30)/t18-;/m1./s1. The summed E-state index contributed by atoms with van der Waals surface area (Å²) in [5.74, 6) is 1.69. The van der Waals surface area contributed by atoms with Crippen LogP contribution < -0.4 is 26.2 Å². The van der Waals surface area contributed by atoms with Gasteiger partial charge in [0.25, 0.3) is 5.91 Å². The lowest BCUT2D eigenvalue weighted by Crippen LogP contribution is -2.40. The lowest BCUT2D eigenvalue weighted by atomic mass is 10.1. The van der Waals surface area contributed by atoms with Crippen molar-refractivity contribution in [3.63, 3.8) is 0 Å². The summed E-state index contributed by atoms with van der Waals surface area (Å²) in [6.45, 7) is 5.41. The molecule has 4 heterocycles. The molecule has 4 aromatic carbocycles. The first-order chi connectivity index (χ1) is 31.8. The van der Waals surface area contributed by atoms with Crippen LogP contribution in [0.3, 0.4) is 0 Å². The van der Waals surface area contributed by atoms with Crippen LogP contribution in [-0.2, 0) is 9.59 Å². The molecule has 0 bridgehead atoms. The van der Waals surface area contributed by atoms with Gasteiger partial charge in [-0.15, -0.1) is 0 Å². The van der Waals surface area contributed by atoms with Crippen molar-refractivity contribution in [2.24, 2.45) is 0 Å². The van der Waals surface area contributed by atoms with Crippen LogP contribution >= 0.6 is 0 Å². The van der Waals surface area contributed by atoms with E-state index in [1.54, 1.807) is 10.4 Å². The van der Waals surface area contributed by atoms with E-state index in [1.807, 2.05) is 125 Å². The third kappa shape index (κ3) is 11.7. The zero-order chi connectivity index (χ0) is 45.4. The fraction of sp³-hybridized carbons (Fsp3) is 0.224. The summed E-state index contributed by atoms with van der Waals surface area (Å²) in [5.41, 5.74) is 12.4. The Labute approximate surface area is 376 Å². The summed E-state index contributed by atoms with van der Waals surface area (Å²) in [6, 6.07) is 37.0. The number of hydrogen-bond acceptors (Lipinski definition) is 12. The molecule has 0 saturated carbocycles. The number of aromatic nitrogens is 6. The maximum absolute atomic E-state index is 12.4. The monoisotopic (exact) mass is 873 g/mol. The molecular formula is C49H51N11O5.